The summed E-state index contributed by atoms with van der Waals surface area (Å²) in [6.45, 7) is 13.0. The Bertz CT molecular complexity index is 576. The SMILES string of the molecule is C=C(CC(C)(C)CC1C=C(Cl)C=CC1OCC)N/C(C=O)=C(\C)NC. The van der Waals surface area contributed by atoms with Crippen molar-refractivity contribution in [3.8, 4) is 0 Å². The molecule has 4 nitrogen and oxygen atoms in total. The smallest absolute Gasteiger partial charge is 0.168 e. The third-order valence-corrected chi connectivity index (χ3v) is 4.54. The lowest BCUT2D eigenvalue weighted by Gasteiger charge is -2.33. The number of halogens is 1. The van der Waals surface area contributed by atoms with Gasteiger partial charge in [-0.1, -0.05) is 44.2 Å². The molecule has 0 aromatic heterocycles. The van der Waals surface area contributed by atoms with E-state index in [1.807, 2.05) is 26.0 Å². The molecule has 0 fully saturated rings. The Balaban J connectivity index is 2.75. The fourth-order valence-corrected chi connectivity index (χ4v) is 3.33. The number of hydrogen-bond donors (Lipinski definition) is 2. The summed E-state index contributed by atoms with van der Waals surface area (Å²) in [5, 5.41) is 6.85. The summed E-state index contributed by atoms with van der Waals surface area (Å²) < 4.78 is 5.83. The zero-order chi connectivity index (χ0) is 19.0. The molecule has 2 N–H and O–H groups in total. The zero-order valence-corrected chi connectivity index (χ0v) is 16.7. The van der Waals surface area contributed by atoms with Gasteiger partial charge in [-0.15, -0.1) is 0 Å². The molecule has 25 heavy (non-hydrogen) atoms. The molecule has 1 aliphatic carbocycles. The molecule has 0 heterocycles. The number of ether oxygens (including phenoxy) is 1. The molecule has 0 aromatic rings. The van der Waals surface area contributed by atoms with Gasteiger partial charge >= 0.3 is 0 Å². The molecule has 0 saturated carbocycles. The Morgan fingerprint density at radius 3 is 2.72 bits per heavy atom. The molecule has 0 amide bonds. The van der Waals surface area contributed by atoms with E-state index in [-0.39, 0.29) is 17.4 Å². The summed E-state index contributed by atoms with van der Waals surface area (Å²) in [7, 11) is 1.79. The second-order valence-electron chi connectivity index (χ2n) is 7.17. The van der Waals surface area contributed by atoms with Gasteiger partial charge in [-0.05, 0) is 38.2 Å². The lowest BCUT2D eigenvalue weighted by Crippen LogP contribution is -2.29. The number of hydrogen-bond acceptors (Lipinski definition) is 4. The van der Waals surface area contributed by atoms with E-state index in [9.17, 15) is 4.79 Å². The van der Waals surface area contributed by atoms with Crippen LogP contribution in [0.3, 0.4) is 0 Å². The van der Waals surface area contributed by atoms with Crippen molar-refractivity contribution in [1.29, 1.82) is 0 Å². The average molecular weight is 367 g/mol. The number of nitrogens with one attached hydrogen (secondary N) is 2. The van der Waals surface area contributed by atoms with Crippen molar-refractivity contribution >= 4 is 17.9 Å². The maximum atomic E-state index is 11.2. The molecular weight excluding hydrogens is 336 g/mol. The number of aldehydes is 1. The van der Waals surface area contributed by atoms with Crippen LogP contribution in [0.2, 0.25) is 0 Å². The molecule has 2 unspecified atom stereocenters. The van der Waals surface area contributed by atoms with Crippen LogP contribution in [-0.4, -0.2) is 26.0 Å². The highest BCUT2D eigenvalue weighted by Crippen LogP contribution is 2.36. The fraction of sp³-hybridized carbons (Fsp3) is 0.550. The van der Waals surface area contributed by atoms with Crippen LogP contribution in [0.5, 0.6) is 0 Å². The second-order valence-corrected chi connectivity index (χ2v) is 7.61. The van der Waals surface area contributed by atoms with E-state index in [0.29, 0.717) is 12.3 Å². The first-order valence-corrected chi connectivity index (χ1v) is 9.06. The third-order valence-electron chi connectivity index (χ3n) is 4.29. The Hall–Kier alpha value is -1.52. The van der Waals surface area contributed by atoms with Gasteiger partial charge in [-0.2, -0.15) is 0 Å². The van der Waals surface area contributed by atoms with E-state index >= 15 is 0 Å². The van der Waals surface area contributed by atoms with Crippen molar-refractivity contribution < 1.29 is 9.53 Å². The highest BCUT2D eigenvalue weighted by molar-refractivity contribution is 6.31. The first-order valence-electron chi connectivity index (χ1n) is 8.68. The Morgan fingerprint density at radius 2 is 2.16 bits per heavy atom. The number of allylic oxidation sites excluding steroid dienone is 5. The summed E-state index contributed by atoms with van der Waals surface area (Å²) in [4.78, 5) is 11.2. The first-order chi connectivity index (χ1) is 11.7. The van der Waals surface area contributed by atoms with Crippen LogP contribution in [-0.2, 0) is 9.53 Å². The third kappa shape index (κ3) is 7.09. The predicted molar refractivity (Wildman–Crippen MR) is 105 cm³/mol. The highest BCUT2D eigenvalue weighted by atomic mass is 35.5. The number of carbonyl (C=O) groups is 1. The van der Waals surface area contributed by atoms with Crippen molar-refractivity contribution in [3.05, 3.63) is 46.9 Å². The van der Waals surface area contributed by atoms with Gasteiger partial charge in [0.15, 0.2) is 6.29 Å². The minimum absolute atomic E-state index is 0.0233. The van der Waals surface area contributed by atoms with E-state index in [2.05, 4.69) is 37.1 Å². The van der Waals surface area contributed by atoms with E-state index < -0.39 is 0 Å². The van der Waals surface area contributed by atoms with Crippen molar-refractivity contribution in [2.45, 2.75) is 46.6 Å². The largest absolute Gasteiger partial charge is 0.390 e. The van der Waals surface area contributed by atoms with Gasteiger partial charge in [0.2, 0.25) is 0 Å². The summed E-state index contributed by atoms with van der Waals surface area (Å²) in [6.07, 6.45) is 8.50. The van der Waals surface area contributed by atoms with Gasteiger partial charge in [0.1, 0.15) is 0 Å². The molecule has 2 atom stereocenters. The van der Waals surface area contributed by atoms with Crippen molar-refractivity contribution in [2.75, 3.05) is 13.7 Å². The summed E-state index contributed by atoms with van der Waals surface area (Å²) in [5.41, 5.74) is 2.09. The molecule has 1 rings (SSSR count). The predicted octanol–water partition coefficient (Wildman–Crippen LogP) is 4.26. The van der Waals surface area contributed by atoms with Gasteiger partial charge in [0.25, 0.3) is 0 Å². The topological polar surface area (TPSA) is 50.4 Å². The molecule has 140 valence electrons. The minimum Gasteiger partial charge on any atom is -0.390 e. The Morgan fingerprint density at radius 1 is 1.48 bits per heavy atom. The first kappa shape index (κ1) is 21.5. The highest BCUT2D eigenvalue weighted by Gasteiger charge is 2.29. The van der Waals surface area contributed by atoms with E-state index in [1.54, 1.807) is 7.05 Å². The van der Waals surface area contributed by atoms with Crippen LogP contribution >= 0.6 is 11.6 Å². The Labute approximate surface area is 157 Å². The molecule has 0 aliphatic heterocycles. The molecule has 0 radical (unpaired) electrons. The van der Waals surface area contributed by atoms with Gasteiger partial charge in [-0.25, -0.2) is 0 Å². The van der Waals surface area contributed by atoms with Gasteiger partial charge in [-0.3, -0.25) is 4.79 Å². The van der Waals surface area contributed by atoms with Crippen molar-refractivity contribution in [2.24, 2.45) is 11.3 Å². The van der Waals surface area contributed by atoms with Crippen LogP contribution in [0.1, 0.15) is 40.5 Å². The van der Waals surface area contributed by atoms with E-state index in [0.717, 1.165) is 35.6 Å². The van der Waals surface area contributed by atoms with Crippen molar-refractivity contribution in [3.63, 3.8) is 0 Å². The quantitative estimate of drug-likeness (QED) is 0.448. The summed E-state index contributed by atoms with van der Waals surface area (Å²) in [6, 6.07) is 0. The molecule has 0 spiro atoms. The van der Waals surface area contributed by atoms with Gasteiger partial charge in [0, 0.05) is 36.0 Å². The molecule has 1 aliphatic rings. The number of rotatable bonds is 10. The molecular formula is C20H31ClN2O2. The van der Waals surface area contributed by atoms with Crippen molar-refractivity contribution in [1.82, 2.24) is 10.6 Å². The summed E-state index contributed by atoms with van der Waals surface area (Å²) >= 11 is 6.19. The van der Waals surface area contributed by atoms with Gasteiger partial charge in [0.05, 0.1) is 11.8 Å². The standard InChI is InChI=1S/C20H31ClN2O2/c1-7-25-19-9-8-17(21)10-16(19)12-20(4,5)11-14(2)23-18(13-24)15(3)22-6/h8-10,13,16,19,22-23H,2,7,11-12H2,1,3-6H3/b18-15+. The van der Waals surface area contributed by atoms with E-state index in [4.69, 9.17) is 16.3 Å². The van der Waals surface area contributed by atoms with E-state index in [1.165, 1.54) is 0 Å². The minimum atomic E-state index is -0.0233. The maximum absolute atomic E-state index is 11.2. The lowest BCUT2D eigenvalue weighted by molar-refractivity contribution is -0.105. The zero-order valence-electron chi connectivity index (χ0n) is 16.0. The van der Waals surface area contributed by atoms with Crippen LogP contribution in [0.4, 0.5) is 0 Å². The Kier molecular flexibility index (Phi) is 8.46. The van der Waals surface area contributed by atoms with Crippen LogP contribution < -0.4 is 10.6 Å². The molecule has 0 bridgehead atoms. The lowest BCUT2D eigenvalue weighted by atomic mass is 9.76. The number of carbonyl (C=O) groups excluding carboxylic acids is 1. The van der Waals surface area contributed by atoms with Crippen LogP contribution in [0.25, 0.3) is 0 Å². The normalized spacial score (nSPS) is 21.3. The molecule has 0 saturated heterocycles. The average Bonchev–Trinajstić information content (AvgIpc) is 2.53. The monoisotopic (exact) mass is 366 g/mol. The van der Waals surface area contributed by atoms with Gasteiger partial charge < -0.3 is 15.4 Å². The van der Waals surface area contributed by atoms with Crippen LogP contribution in [0, 0.1) is 11.3 Å². The summed E-state index contributed by atoms with van der Waals surface area (Å²) in [5.74, 6) is 0.223. The molecule has 0 aromatic carbocycles. The fourth-order valence-electron chi connectivity index (χ4n) is 3.10. The maximum Gasteiger partial charge on any atom is 0.168 e. The van der Waals surface area contributed by atoms with Crippen LogP contribution in [0.15, 0.2) is 46.9 Å². The molecule has 5 heteroatoms. The second kappa shape index (κ2) is 9.83.